The molecule has 0 aliphatic heterocycles. The molecule has 40 heavy (non-hydrogen) atoms. The molecule has 0 aromatic carbocycles. The number of pyridine rings is 1. The summed E-state index contributed by atoms with van der Waals surface area (Å²) in [5.41, 5.74) is 16.0. The lowest BCUT2D eigenvalue weighted by molar-refractivity contribution is -0.141. The quantitative estimate of drug-likeness (QED) is 0.234. The normalized spacial score (nSPS) is 10.8. The van der Waals surface area contributed by atoms with Crippen molar-refractivity contribution in [2.45, 2.75) is 39.2 Å². The van der Waals surface area contributed by atoms with Crippen molar-refractivity contribution in [1.82, 2.24) is 44.4 Å². The van der Waals surface area contributed by atoms with E-state index in [4.69, 9.17) is 11.5 Å². The number of hydrogen-bond donors (Lipinski definition) is 3. The van der Waals surface area contributed by atoms with Crippen LogP contribution in [0.5, 0.6) is 0 Å². The third-order valence-electron chi connectivity index (χ3n) is 5.78. The van der Waals surface area contributed by atoms with Gasteiger partial charge in [-0.2, -0.15) is 0 Å². The molecule has 208 valence electrons. The zero-order chi connectivity index (χ0) is 28.6. The van der Waals surface area contributed by atoms with E-state index in [0.29, 0.717) is 65.0 Å². The molecule has 0 unspecified atom stereocenters. The van der Waals surface area contributed by atoms with Gasteiger partial charge in [0.2, 0.25) is 0 Å². The summed E-state index contributed by atoms with van der Waals surface area (Å²) in [6.45, 7) is 2.52. The summed E-state index contributed by atoms with van der Waals surface area (Å²) in [5.74, 6) is 1.01. The summed E-state index contributed by atoms with van der Waals surface area (Å²) in [6, 6.07) is 3.97. The van der Waals surface area contributed by atoms with Crippen LogP contribution in [-0.4, -0.2) is 70.6 Å². The molecule has 0 saturated carbocycles. The van der Waals surface area contributed by atoms with Gasteiger partial charge >= 0.3 is 11.9 Å². The van der Waals surface area contributed by atoms with E-state index in [1.54, 1.807) is 6.33 Å². The van der Waals surface area contributed by atoms with Gasteiger partial charge in [-0.25, -0.2) is 29.9 Å². The fourth-order valence-corrected chi connectivity index (χ4v) is 3.68. The highest BCUT2D eigenvalue weighted by atomic mass is 16.5. The minimum Gasteiger partial charge on any atom is -0.469 e. The average molecular weight is 548 g/mol. The van der Waals surface area contributed by atoms with Crippen molar-refractivity contribution in [3.05, 3.63) is 53.9 Å². The van der Waals surface area contributed by atoms with E-state index in [1.165, 1.54) is 20.5 Å². The number of carbonyl (C=O) groups is 2. The SMILES string of the molecule is COC(=O)CCc1nc(N)c2[nH]cnc2n1.COC(=O)CCc1nc(N)c2ncn(Cc3ccc(C)nc3)c2n1. The molecule has 5 aromatic rings. The maximum atomic E-state index is 11.3. The van der Waals surface area contributed by atoms with Crippen LogP contribution in [0, 0.1) is 6.92 Å². The van der Waals surface area contributed by atoms with Crippen molar-refractivity contribution in [2.75, 3.05) is 25.7 Å². The molecule has 5 N–H and O–H groups in total. The molecule has 0 aliphatic carbocycles. The van der Waals surface area contributed by atoms with Gasteiger partial charge in [-0.1, -0.05) is 6.07 Å². The molecule has 0 aliphatic rings. The highest BCUT2D eigenvalue weighted by molar-refractivity contribution is 5.82. The van der Waals surface area contributed by atoms with E-state index in [0.717, 1.165) is 11.3 Å². The lowest BCUT2D eigenvalue weighted by atomic mass is 10.2. The Balaban J connectivity index is 0.000000201. The van der Waals surface area contributed by atoms with Crippen LogP contribution in [0.25, 0.3) is 22.3 Å². The van der Waals surface area contributed by atoms with Crippen LogP contribution < -0.4 is 11.5 Å². The molecule has 5 heterocycles. The first-order valence-corrected chi connectivity index (χ1v) is 12.2. The first-order valence-electron chi connectivity index (χ1n) is 12.2. The second kappa shape index (κ2) is 12.6. The second-order valence-corrected chi connectivity index (χ2v) is 8.66. The number of H-pyrrole nitrogens is 1. The average Bonchev–Trinajstić information content (AvgIpc) is 3.60. The highest BCUT2D eigenvalue weighted by Gasteiger charge is 2.13. The van der Waals surface area contributed by atoms with E-state index >= 15 is 0 Å². The predicted molar refractivity (Wildman–Crippen MR) is 145 cm³/mol. The minimum atomic E-state index is -0.309. The number of nitrogens with two attached hydrogens (primary N) is 2. The number of imidazole rings is 2. The third kappa shape index (κ3) is 6.80. The summed E-state index contributed by atoms with van der Waals surface area (Å²) < 4.78 is 11.1. The van der Waals surface area contributed by atoms with Crippen LogP contribution >= 0.6 is 0 Å². The fraction of sp³-hybridized carbons (Fsp3) is 0.320. The van der Waals surface area contributed by atoms with Crippen LogP contribution in [0.4, 0.5) is 11.6 Å². The Labute approximate surface area is 228 Å². The van der Waals surface area contributed by atoms with Gasteiger partial charge < -0.3 is 30.5 Å². The monoisotopic (exact) mass is 547 g/mol. The number of hydrogen-bond acceptors (Lipinski definition) is 13. The van der Waals surface area contributed by atoms with Gasteiger partial charge in [0.1, 0.15) is 22.7 Å². The number of nitrogens with one attached hydrogen (secondary N) is 1. The van der Waals surface area contributed by atoms with Gasteiger partial charge in [-0.3, -0.25) is 14.6 Å². The van der Waals surface area contributed by atoms with Gasteiger partial charge in [0.15, 0.2) is 22.9 Å². The van der Waals surface area contributed by atoms with Crippen LogP contribution in [-0.2, 0) is 38.4 Å². The fourth-order valence-electron chi connectivity index (χ4n) is 3.68. The van der Waals surface area contributed by atoms with Crippen molar-refractivity contribution >= 4 is 45.9 Å². The molecule has 15 heteroatoms. The number of nitrogen functional groups attached to an aromatic ring is 2. The molecule has 5 aromatic heterocycles. The summed E-state index contributed by atoms with van der Waals surface area (Å²) in [5, 5.41) is 0. The van der Waals surface area contributed by atoms with E-state index < -0.39 is 0 Å². The molecule has 0 radical (unpaired) electrons. The first-order chi connectivity index (χ1) is 19.3. The van der Waals surface area contributed by atoms with Gasteiger partial charge in [0.05, 0.1) is 46.3 Å². The van der Waals surface area contributed by atoms with Gasteiger partial charge in [-0.05, 0) is 18.6 Å². The Morgan fingerprint density at radius 2 is 1.57 bits per heavy atom. The molecule has 5 rings (SSSR count). The summed E-state index contributed by atoms with van der Waals surface area (Å²) in [7, 11) is 2.69. The Bertz CT molecular complexity index is 1630. The number of nitrogens with zero attached hydrogens (tertiary/aromatic N) is 8. The van der Waals surface area contributed by atoms with Crippen molar-refractivity contribution in [1.29, 1.82) is 0 Å². The number of aromatic amines is 1. The lowest BCUT2D eigenvalue weighted by Gasteiger charge is -2.06. The number of aromatic nitrogens is 9. The van der Waals surface area contributed by atoms with E-state index in [9.17, 15) is 9.59 Å². The van der Waals surface area contributed by atoms with Crippen molar-refractivity contribution in [2.24, 2.45) is 0 Å². The standard InChI is InChI=1S/C16H18N6O2.C9H11N5O2/c1-10-3-4-11(7-18-10)8-22-9-19-14-15(17)20-12(21-16(14)22)5-6-13(23)24-2;1-16-6(15)3-2-5-13-8(10)7-9(14-5)12-4-11-7/h3-4,7,9H,5-6,8H2,1-2H3,(H2,17,20,21);4H,2-3H2,1H3,(H3,10,11,12,13,14). The molecule has 15 nitrogen and oxygen atoms in total. The molecule has 0 fully saturated rings. The zero-order valence-electron chi connectivity index (χ0n) is 22.3. The Morgan fingerprint density at radius 1 is 0.900 bits per heavy atom. The van der Waals surface area contributed by atoms with Gasteiger partial charge in [0.25, 0.3) is 0 Å². The van der Waals surface area contributed by atoms with Gasteiger partial charge in [0, 0.05) is 24.7 Å². The maximum absolute atomic E-state index is 11.3. The summed E-state index contributed by atoms with van der Waals surface area (Å²) >= 11 is 0. The Morgan fingerprint density at radius 3 is 2.23 bits per heavy atom. The maximum Gasteiger partial charge on any atom is 0.305 e. The Hall–Kier alpha value is -5.21. The molecular formula is C25H29N11O4. The van der Waals surface area contributed by atoms with Crippen LogP contribution in [0.3, 0.4) is 0 Å². The van der Waals surface area contributed by atoms with E-state index in [2.05, 4.69) is 49.3 Å². The number of ether oxygens (including phenoxy) is 2. The number of fused-ring (bicyclic) bond motifs is 2. The lowest BCUT2D eigenvalue weighted by Crippen LogP contribution is -2.08. The topological polar surface area (TPSA) is 216 Å². The Kier molecular flexibility index (Phi) is 8.73. The van der Waals surface area contributed by atoms with Crippen LogP contribution in [0.2, 0.25) is 0 Å². The van der Waals surface area contributed by atoms with E-state index in [1.807, 2.05) is 29.8 Å². The number of aryl methyl sites for hydroxylation is 3. The first kappa shape index (κ1) is 27.8. The zero-order valence-corrected chi connectivity index (χ0v) is 22.3. The molecule has 0 atom stereocenters. The highest BCUT2D eigenvalue weighted by Crippen LogP contribution is 2.18. The van der Waals surface area contributed by atoms with Crippen molar-refractivity contribution < 1.29 is 19.1 Å². The second-order valence-electron chi connectivity index (χ2n) is 8.66. The molecule has 0 spiro atoms. The number of carbonyl (C=O) groups excluding carboxylic acids is 2. The van der Waals surface area contributed by atoms with Crippen molar-refractivity contribution in [3.8, 4) is 0 Å². The largest absolute Gasteiger partial charge is 0.469 e. The minimum absolute atomic E-state index is 0.206. The van der Waals surface area contributed by atoms with E-state index in [-0.39, 0.29) is 24.8 Å². The summed E-state index contributed by atoms with van der Waals surface area (Å²) in [6.07, 6.45) is 6.19. The number of methoxy groups -OCH3 is 2. The molecule has 0 saturated heterocycles. The smallest absolute Gasteiger partial charge is 0.305 e. The van der Waals surface area contributed by atoms with Crippen LogP contribution in [0.15, 0.2) is 31.0 Å². The number of rotatable bonds is 8. The number of esters is 2. The molecular weight excluding hydrogens is 518 g/mol. The molecule has 0 amide bonds. The predicted octanol–water partition coefficient (Wildman–Crippen LogP) is 1.31. The summed E-state index contributed by atoms with van der Waals surface area (Å²) in [4.78, 5) is 54.6. The van der Waals surface area contributed by atoms with Crippen LogP contribution in [0.1, 0.15) is 35.7 Å². The van der Waals surface area contributed by atoms with Crippen molar-refractivity contribution in [3.63, 3.8) is 0 Å². The van der Waals surface area contributed by atoms with Gasteiger partial charge in [-0.15, -0.1) is 0 Å². The third-order valence-corrected chi connectivity index (χ3v) is 5.78. The number of anilines is 2. The molecule has 0 bridgehead atoms.